The normalized spacial score (nSPS) is 11.8. The Kier molecular flexibility index (Phi) is 5.92. The maximum atomic E-state index is 12.1. The first-order valence-corrected chi connectivity index (χ1v) is 8.02. The molecule has 1 N–H and O–H groups in total. The van der Waals surface area contributed by atoms with Crippen LogP contribution >= 0.6 is 15.9 Å². The zero-order chi connectivity index (χ0) is 16.8. The third kappa shape index (κ3) is 4.41. The lowest BCUT2D eigenvalue weighted by Crippen LogP contribution is -2.33. The zero-order valence-electron chi connectivity index (χ0n) is 13.0. The van der Waals surface area contributed by atoms with Gasteiger partial charge in [-0.1, -0.05) is 22.9 Å². The first-order chi connectivity index (χ1) is 11.0. The van der Waals surface area contributed by atoms with Crippen LogP contribution in [0.4, 0.5) is 0 Å². The van der Waals surface area contributed by atoms with Crippen LogP contribution in [-0.2, 0) is 9.53 Å². The molecule has 1 heterocycles. The van der Waals surface area contributed by atoms with E-state index in [-0.39, 0.29) is 24.3 Å². The van der Waals surface area contributed by atoms with E-state index in [4.69, 9.17) is 4.74 Å². The van der Waals surface area contributed by atoms with Crippen LogP contribution in [0.25, 0.3) is 5.69 Å². The first kappa shape index (κ1) is 17.2. The summed E-state index contributed by atoms with van der Waals surface area (Å²) in [7, 11) is 1.34. The predicted molar refractivity (Wildman–Crippen MR) is 89.4 cm³/mol. The highest BCUT2D eigenvalue weighted by atomic mass is 79.9. The lowest BCUT2D eigenvalue weighted by molar-refractivity contribution is -0.145. The SMILES string of the molecule is CCC(CNC(=O)c1ccn(-c2ccc(Br)cc2)n1)C(=O)OC. The van der Waals surface area contributed by atoms with Gasteiger partial charge in [-0.3, -0.25) is 9.59 Å². The van der Waals surface area contributed by atoms with Gasteiger partial charge in [-0.25, -0.2) is 4.68 Å². The standard InChI is InChI=1S/C16H18BrN3O3/c1-3-11(16(22)23-2)10-18-15(21)14-8-9-20(19-14)13-6-4-12(17)5-7-13/h4-9,11H,3,10H2,1-2H3,(H,18,21). The number of nitrogens with zero attached hydrogens (tertiary/aromatic N) is 2. The molecule has 1 aromatic carbocycles. The molecule has 1 atom stereocenters. The van der Waals surface area contributed by atoms with Crippen molar-refractivity contribution in [2.75, 3.05) is 13.7 Å². The van der Waals surface area contributed by atoms with Gasteiger partial charge < -0.3 is 10.1 Å². The average Bonchev–Trinajstić information content (AvgIpc) is 3.05. The highest BCUT2D eigenvalue weighted by Gasteiger charge is 2.19. The number of benzene rings is 1. The third-order valence-electron chi connectivity index (χ3n) is 3.45. The van der Waals surface area contributed by atoms with Gasteiger partial charge in [-0.05, 0) is 36.8 Å². The topological polar surface area (TPSA) is 73.2 Å². The summed E-state index contributed by atoms with van der Waals surface area (Å²) < 4.78 is 7.30. The van der Waals surface area contributed by atoms with Crippen molar-refractivity contribution in [3.63, 3.8) is 0 Å². The number of methoxy groups -OCH3 is 1. The van der Waals surface area contributed by atoms with Crippen LogP contribution in [0.3, 0.4) is 0 Å². The Labute approximate surface area is 143 Å². The van der Waals surface area contributed by atoms with Crippen LogP contribution < -0.4 is 5.32 Å². The molecule has 0 bridgehead atoms. The lowest BCUT2D eigenvalue weighted by Gasteiger charge is -2.12. The minimum absolute atomic E-state index is 0.229. The number of hydrogen-bond acceptors (Lipinski definition) is 4. The molecule has 122 valence electrons. The molecule has 0 spiro atoms. The molecule has 0 radical (unpaired) electrons. The van der Waals surface area contributed by atoms with Gasteiger partial charge in [0.05, 0.1) is 18.7 Å². The van der Waals surface area contributed by atoms with Crippen molar-refractivity contribution in [3.8, 4) is 5.69 Å². The van der Waals surface area contributed by atoms with E-state index in [0.717, 1.165) is 10.2 Å². The van der Waals surface area contributed by atoms with E-state index >= 15 is 0 Å². The average molecular weight is 380 g/mol. The van der Waals surface area contributed by atoms with Gasteiger partial charge >= 0.3 is 5.97 Å². The van der Waals surface area contributed by atoms with Crippen LogP contribution in [0, 0.1) is 5.92 Å². The summed E-state index contributed by atoms with van der Waals surface area (Å²) in [6, 6.07) is 9.22. The fourth-order valence-electron chi connectivity index (χ4n) is 2.05. The van der Waals surface area contributed by atoms with Crippen LogP contribution in [0.15, 0.2) is 41.0 Å². The van der Waals surface area contributed by atoms with Gasteiger partial charge in [0.15, 0.2) is 5.69 Å². The maximum Gasteiger partial charge on any atom is 0.310 e. The second-order valence-electron chi connectivity index (χ2n) is 4.96. The highest BCUT2D eigenvalue weighted by molar-refractivity contribution is 9.10. The summed E-state index contributed by atoms with van der Waals surface area (Å²) in [5.41, 5.74) is 1.15. The summed E-state index contributed by atoms with van der Waals surface area (Å²) in [6.45, 7) is 2.10. The molecule has 2 rings (SSSR count). The van der Waals surface area contributed by atoms with E-state index < -0.39 is 0 Å². The summed E-state index contributed by atoms with van der Waals surface area (Å²) in [5.74, 6) is -0.992. The molecule has 0 aliphatic carbocycles. The number of hydrogen-bond donors (Lipinski definition) is 1. The molecule has 0 aliphatic heterocycles. The van der Waals surface area contributed by atoms with Crippen LogP contribution in [0.5, 0.6) is 0 Å². The molecule has 6 nitrogen and oxygen atoms in total. The molecule has 0 saturated carbocycles. The van der Waals surface area contributed by atoms with E-state index in [9.17, 15) is 9.59 Å². The number of amides is 1. The van der Waals surface area contributed by atoms with Gasteiger partial charge in [-0.2, -0.15) is 5.10 Å². The number of carbonyl (C=O) groups is 2. The Hall–Kier alpha value is -2.15. The summed E-state index contributed by atoms with van der Waals surface area (Å²) in [4.78, 5) is 23.6. The van der Waals surface area contributed by atoms with Gasteiger partial charge in [0.25, 0.3) is 5.91 Å². The van der Waals surface area contributed by atoms with Gasteiger partial charge in [0.1, 0.15) is 0 Å². The Morgan fingerprint density at radius 1 is 1.30 bits per heavy atom. The number of rotatable bonds is 6. The predicted octanol–water partition coefficient (Wildman–Crippen LogP) is 2.56. The van der Waals surface area contributed by atoms with Crippen molar-refractivity contribution in [1.29, 1.82) is 0 Å². The maximum absolute atomic E-state index is 12.1. The monoisotopic (exact) mass is 379 g/mol. The fraction of sp³-hybridized carbons (Fsp3) is 0.312. The van der Waals surface area contributed by atoms with E-state index in [1.54, 1.807) is 16.9 Å². The Balaban J connectivity index is 2.01. The lowest BCUT2D eigenvalue weighted by atomic mass is 10.1. The molecular weight excluding hydrogens is 362 g/mol. The Morgan fingerprint density at radius 3 is 2.61 bits per heavy atom. The molecule has 0 aliphatic rings. The van der Waals surface area contributed by atoms with Crippen molar-refractivity contribution in [2.45, 2.75) is 13.3 Å². The molecule has 1 aromatic heterocycles. The molecule has 2 aromatic rings. The van der Waals surface area contributed by atoms with Crippen LogP contribution in [0.1, 0.15) is 23.8 Å². The van der Waals surface area contributed by atoms with Gasteiger partial charge in [0, 0.05) is 17.2 Å². The third-order valence-corrected chi connectivity index (χ3v) is 3.98. The molecule has 0 saturated heterocycles. The molecular formula is C16H18BrN3O3. The number of esters is 1. The molecule has 23 heavy (non-hydrogen) atoms. The van der Waals surface area contributed by atoms with Crippen molar-refractivity contribution >= 4 is 27.8 Å². The largest absolute Gasteiger partial charge is 0.469 e. The summed E-state index contributed by atoms with van der Waals surface area (Å²) in [6.07, 6.45) is 2.32. The Bertz CT molecular complexity index is 682. The molecule has 0 fully saturated rings. The minimum atomic E-state index is -0.350. The summed E-state index contributed by atoms with van der Waals surface area (Å²) >= 11 is 3.37. The van der Waals surface area contributed by atoms with E-state index in [1.165, 1.54) is 7.11 Å². The number of carbonyl (C=O) groups excluding carboxylic acids is 2. The second-order valence-corrected chi connectivity index (χ2v) is 5.88. The van der Waals surface area contributed by atoms with Crippen LogP contribution in [0.2, 0.25) is 0 Å². The zero-order valence-corrected chi connectivity index (χ0v) is 14.5. The number of aromatic nitrogens is 2. The van der Waals surface area contributed by atoms with Crippen molar-refractivity contribution in [1.82, 2.24) is 15.1 Å². The fourth-order valence-corrected chi connectivity index (χ4v) is 2.31. The minimum Gasteiger partial charge on any atom is -0.469 e. The molecule has 1 amide bonds. The highest BCUT2D eigenvalue weighted by Crippen LogP contribution is 2.13. The first-order valence-electron chi connectivity index (χ1n) is 7.22. The van der Waals surface area contributed by atoms with Crippen molar-refractivity contribution < 1.29 is 14.3 Å². The second kappa shape index (κ2) is 7.92. The van der Waals surface area contributed by atoms with Crippen LogP contribution in [-0.4, -0.2) is 35.3 Å². The quantitative estimate of drug-likeness (QED) is 0.782. The number of ether oxygens (including phenoxy) is 1. The number of halogens is 1. The summed E-state index contributed by atoms with van der Waals surface area (Å²) in [5, 5.41) is 6.97. The molecule has 1 unspecified atom stereocenters. The van der Waals surface area contributed by atoms with Crippen molar-refractivity contribution in [2.24, 2.45) is 5.92 Å². The van der Waals surface area contributed by atoms with Crippen molar-refractivity contribution in [3.05, 3.63) is 46.7 Å². The van der Waals surface area contributed by atoms with Gasteiger partial charge in [0.2, 0.25) is 0 Å². The van der Waals surface area contributed by atoms with E-state index in [1.807, 2.05) is 31.2 Å². The van der Waals surface area contributed by atoms with E-state index in [0.29, 0.717) is 12.1 Å². The molecule has 7 heteroatoms. The van der Waals surface area contributed by atoms with Gasteiger partial charge in [-0.15, -0.1) is 0 Å². The smallest absolute Gasteiger partial charge is 0.310 e. The van der Waals surface area contributed by atoms with E-state index in [2.05, 4.69) is 26.3 Å². The number of nitrogens with one attached hydrogen (secondary N) is 1. The Morgan fingerprint density at radius 2 is 2.00 bits per heavy atom.